The number of halogens is 3. The molecule has 10 nitrogen and oxygen atoms in total. The van der Waals surface area contributed by atoms with Gasteiger partial charge in [-0.3, -0.25) is 10.2 Å². The lowest BCUT2D eigenvalue weighted by Crippen LogP contribution is -2.63. The molecule has 0 aliphatic carbocycles. The van der Waals surface area contributed by atoms with E-state index in [0.717, 1.165) is 5.56 Å². The van der Waals surface area contributed by atoms with Crippen molar-refractivity contribution in [2.75, 3.05) is 6.61 Å². The maximum Gasteiger partial charge on any atom is 0.303 e. The Kier molecular flexibility index (Phi) is 7.30. The zero-order valence-corrected chi connectivity index (χ0v) is 17.8. The summed E-state index contributed by atoms with van der Waals surface area (Å²) in [6.45, 7) is 1.25. The molecule has 30 heavy (non-hydrogen) atoms. The summed E-state index contributed by atoms with van der Waals surface area (Å²) in [5, 5.41) is 11.4. The third-order valence-corrected chi connectivity index (χ3v) is 4.87. The van der Waals surface area contributed by atoms with Crippen molar-refractivity contribution in [1.82, 2.24) is 0 Å². The number of carbonyl (C=O) groups is 1. The van der Waals surface area contributed by atoms with Crippen molar-refractivity contribution in [3.8, 4) is 0 Å². The summed E-state index contributed by atoms with van der Waals surface area (Å²) in [5.74, 6) is -1.39. The Labute approximate surface area is 186 Å². The number of esters is 1. The van der Waals surface area contributed by atoms with Crippen LogP contribution in [0.3, 0.4) is 0 Å². The molecule has 13 heteroatoms. The van der Waals surface area contributed by atoms with Gasteiger partial charge in [-0.05, 0) is 5.53 Å². The third kappa shape index (κ3) is 5.28. The Morgan fingerprint density at radius 1 is 1.27 bits per heavy atom. The zero-order chi connectivity index (χ0) is 21.9. The molecule has 0 bridgehead atoms. The topological polar surface area (TPSA) is 136 Å². The molecule has 3 rings (SSSR count). The Hall–Kier alpha value is -1.78. The summed E-state index contributed by atoms with van der Waals surface area (Å²) in [6, 6.07) is 7.90. The molecule has 2 aliphatic heterocycles. The number of nitrogens with one attached hydrogen (secondary N) is 1. The van der Waals surface area contributed by atoms with Gasteiger partial charge in [0.2, 0.25) is 12.2 Å². The van der Waals surface area contributed by atoms with E-state index in [9.17, 15) is 4.79 Å². The van der Waals surface area contributed by atoms with Crippen LogP contribution < -0.4 is 0 Å². The van der Waals surface area contributed by atoms with Gasteiger partial charge in [0.15, 0.2) is 6.29 Å². The molecular formula is C17H17Cl3N4O6. The standard InChI is InChI=1S/C17H17Cl3N4O6/c1-8(25)27-13-11(23-24-22)15(30-16(21)17(18,19)20)28-10-7-26-14(29-12(10)13)9-5-3-2-4-6-9/h2-6,10-15,21H,7H2,1H3/t10-,11-,12+,13-,14+,15?/m1/s1. The maximum absolute atomic E-state index is 11.7. The van der Waals surface area contributed by atoms with Crippen molar-refractivity contribution < 1.29 is 28.5 Å². The highest BCUT2D eigenvalue weighted by Crippen LogP contribution is 2.38. The number of nitrogens with zero attached hydrogens (tertiary/aromatic N) is 3. The van der Waals surface area contributed by atoms with Crippen molar-refractivity contribution in [1.29, 1.82) is 5.41 Å². The second-order valence-electron chi connectivity index (χ2n) is 6.43. The first-order valence-electron chi connectivity index (χ1n) is 8.72. The smallest absolute Gasteiger partial charge is 0.303 e. The molecule has 2 saturated heterocycles. The average Bonchev–Trinajstić information content (AvgIpc) is 2.69. The predicted octanol–water partition coefficient (Wildman–Crippen LogP) is 3.80. The SMILES string of the molecule is CC(=O)O[C@H]1[C@H]2O[C@@H](c3ccccc3)OC[C@H]2OC(OC(=N)C(Cl)(Cl)Cl)[C@@H]1N=[N+]=[N-]. The number of rotatable bonds is 4. The first kappa shape index (κ1) is 22.9. The normalized spacial score (nSPS) is 31.1. The van der Waals surface area contributed by atoms with Gasteiger partial charge >= 0.3 is 5.97 Å². The highest BCUT2D eigenvalue weighted by molar-refractivity contribution is 6.76. The minimum absolute atomic E-state index is 0.0476. The van der Waals surface area contributed by atoms with Gasteiger partial charge in [-0.2, -0.15) is 0 Å². The summed E-state index contributed by atoms with van der Waals surface area (Å²) in [5.41, 5.74) is 9.76. The maximum atomic E-state index is 11.7. The van der Waals surface area contributed by atoms with Gasteiger partial charge in [-0.25, -0.2) is 0 Å². The lowest BCUT2D eigenvalue weighted by Gasteiger charge is -2.47. The van der Waals surface area contributed by atoms with Crippen LogP contribution in [0.2, 0.25) is 0 Å². The second-order valence-corrected chi connectivity index (χ2v) is 8.72. The van der Waals surface area contributed by atoms with Gasteiger partial charge < -0.3 is 23.7 Å². The summed E-state index contributed by atoms with van der Waals surface area (Å²) in [7, 11) is 0. The second kappa shape index (κ2) is 9.57. The monoisotopic (exact) mass is 478 g/mol. The predicted molar refractivity (Wildman–Crippen MR) is 106 cm³/mol. The molecule has 0 spiro atoms. The molecule has 2 aliphatic rings. The van der Waals surface area contributed by atoms with Crippen LogP contribution in [0, 0.1) is 5.41 Å². The van der Waals surface area contributed by atoms with Gasteiger partial charge in [0.05, 0.1) is 6.61 Å². The van der Waals surface area contributed by atoms with Gasteiger partial charge in [-0.1, -0.05) is 70.2 Å². The van der Waals surface area contributed by atoms with E-state index in [1.54, 1.807) is 0 Å². The molecule has 0 saturated carbocycles. The van der Waals surface area contributed by atoms with E-state index < -0.39 is 52.6 Å². The molecule has 2 fully saturated rings. The van der Waals surface area contributed by atoms with E-state index in [0.29, 0.717) is 0 Å². The average molecular weight is 480 g/mol. The molecule has 2 heterocycles. The molecule has 1 aromatic rings. The van der Waals surface area contributed by atoms with Crippen molar-refractivity contribution in [3.05, 3.63) is 46.3 Å². The van der Waals surface area contributed by atoms with E-state index in [1.807, 2.05) is 30.3 Å². The van der Waals surface area contributed by atoms with Gasteiger partial charge in [0.25, 0.3) is 3.79 Å². The molecule has 162 valence electrons. The summed E-state index contributed by atoms with van der Waals surface area (Å²) >= 11 is 17.0. The van der Waals surface area contributed by atoms with Crippen LogP contribution in [-0.2, 0) is 28.5 Å². The van der Waals surface area contributed by atoms with E-state index in [4.69, 9.17) is 69.4 Å². The first-order valence-corrected chi connectivity index (χ1v) is 9.85. The van der Waals surface area contributed by atoms with E-state index in [1.165, 1.54) is 6.92 Å². The third-order valence-electron chi connectivity index (χ3n) is 4.36. The highest BCUT2D eigenvalue weighted by atomic mass is 35.6. The fourth-order valence-corrected chi connectivity index (χ4v) is 3.26. The van der Waals surface area contributed by atoms with E-state index >= 15 is 0 Å². The summed E-state index contributed by atoms with van der Waals surface area (Å²) < 4.78 is 26.0. The minimum atomic E-state index is -2.17. The van der Waals surface area contributed by atoms with Gasteiger partial charge in [-0.15, -0.1) is 0 Å². The number of hydrogen-bond donors (Lipinski definition) is 1. The van der Waals surface area contributed by atoms with Crippen LogP contribution >= 0.6 is 34.8 Å². The molecular weight excluding hydrogens is 463 g/mol. The van der Waals surface area contributed by atoms with Crippen molar-refractivity contribution in [3.63, 3.8) is 0 Å². The largest absolute Gasteiger partial charge is 0.459 e. The van der Waals surface area contributed by atoms with Crippen LogP contribution in [0.15, 0.2) is 35.4 Å². The number of benzene rings is 1. The number of fused-ring (bicyclic) bond motifs is 1. The lowest BCUT2D eigenvalue weighted by atomic mass is 9.96. The fraction of sp³-hybridized carbons (Fsp3) is 0.529. The van der Waals surface area contributed by atoms with Crippen LogP contribution in [0.25, 0.3) is 10.4 Å². The highest BCUT2D eigenvalue weighted by Gasteiger charge is 2.53. The van der Waals surface area contributed by atoms with Crippen LogP contribution in [0.1, 0.15) is 18.8 Å². The Morgan fingerprint density at radius 3 is 2.57 bits per heavy atom. The van der Waals surface area contributed by atoms with Gasteiger partial charge in [0, 0.05) is 17.4 Å². The van der Waals surface area contributed by atoms with Crippen LogP contribution in [0.5, 0.6) is 0 Å². The molecule has 0 radical (unpaired) electrons. The Balaban J connectivity index is 1.89. The molecule has 0 aromatic heterocycles. The van der Waals surface area contributed by atoms with Crippen molar-refractivity contribution >= 4 is 46.7 Å². The van der Waals surface area contributed by atoms with E-state index in [2.05, 4.69) is 10.0 Å². The summed E-state index contributed by atoms with van der Waals surface area (Å²) in [6.07, 6.45) is -4.84. The molecule has 0 amide bonds. The Morgan fingerprint density at radius 2 is 1.97 bits per heavy atom. The quantitative estimate of drug-likeness (QED) is 0.133. The van der Waals surface area contributed by atoms with Gasteiger partial charge in [0.1, 0.15) is 24.4 Å². The Bertz CT molecular complexity index is 833. The molecule has 6 atom stereocenters. The molecule has 1 N–H and O–H groups in total. The fourth-order valence-electron chi connectivity index (χ4n) is 3.13. The molecule has 1 unspecified atom stereocenters. The number of hydrogen-bond acceptors (Lipinski definition) is 8. The lowest BCUT2D eigenvalue weighted by molar-refractivity contribution is -0.334. The van der Waals surface area contributed by atoms with E-state index in [-0.39, 0.29) is 6.61 Å². The zero-order valence-electron chi connectivity index (χ0n) is 15.5. The minimum Gasteiger partial charge on any atom is -0.459 e. The summed E-state index contributed by atoms with van der Waals surface area (Å²) in [4.78, 5) is 14.5. The number of carbonyl (C=O) groups excluding carboxylic acids is 1. The number of ether oxygens (including phenoxy) is 5. The molecule has 1 aromatic carbocycles. The van der Waals surface area contributed by atoms with Crippen molar-refractivity contribution in [2.24, 2.45) is 5.11 Å². The van der Waals surface area contributed by atoms with Crippen LogP contribution in [-0.4, -0.2) is 52.9 Å². The number of azide groups is 1. The first-order chi connectivity index (χ1) is 14.2. The van der Waals surface area contributed by atoms with Crippen LogP contribution in [0.4, 0.5) is 0 Å². The number of alkyl halides is 3. The van der Waals surface area contributed by atoms with Crippen molar-refractivity contribution in [2.45, 2.75) is 47.7 Å².